The minimum atomic E-state index is 0.623. The van der Waals surface area contributed by atoms with Crippen LogP contribution in [-0.4, -0.2) is 38.5 Å². The standard InChI is InChI=1S/C15H24N2O2/c1-5-7-10-19-14-9-8-13(12-16-17(3)4)11-15(14)18-6-2/h8-9,11-12H,5-7,10H2,1-4H3/b16-12+. The number of hydrogen-bond acceptors (Lipinski definition) is 4. The highest BCUT2D eigenvalue weighted by atomic mass is 16.5. The summed E-state index contributed by atoms with van der Waals surface area (Å²) in [5.74, 6) is 1.58. The van der Waals surface area contributed by atoms with Crippen molar-refractivity contribution in [1.82, 2.24) is 5.01 Å². The van der Waals surface area contributed by atoms with Gasteiger partial charge in [-0.1, -0.05) is 13.3 Å². The molecule has 0 saturated carbocycles. The van der Waals surface area contributed by atoms with Gasteiger partial charge in [0.25, 0.3) is 0 Å². The third-order valence-electron chi connectivity index (χ3n) is 2.46. The average molecular weight is 264 g/mol. The van der Waals surface area contributed by atoms with Crippen molar-refractivity contribution < 1.29 is 9.47 Å². The second-order valence-corrected chi connectivity index (χ2v) is 4.43. The molecule has 0 aliphatic carbocycles. The highest BCUT2D eigenvalue weighted by Crippen LogP contribution is 2.28. The van der Waals surface area contributed by atoms with Crippen LogP contribution in [0.3, 0.4) is 0 Å². The molecule has 106 valence electrons. The maximum absolute atomic E-state index is 5.73. The van der Waals surface area contributed by atoms with Gasteiger partial charge in [0.05, 0.1) is 19.4 Å². The molecule has 0 unspecified atom stereocenters. The van der Waals surface area contributed by atoms with E-state index in [0.717, 1.165) is 36.5 Å². The molecule has 0 aromatic heterocycles. The number of rotatable bonds is 8. The van der Waals surface area contributed by atoms with Gasteiger partial charge in [-0.15, -0.1) is 0 Å². The zero-order valence-electron chi connectivity index (χ0n) is 12.3. The van der Waals surface area contributed by atoms with Crippen LogP contribution in [0.4, 0.5) is 0 Å². The van der Waals surface area contributed by atoms with Crippen molar-refractivity contribution in [3.63, 3.8) is 0 Å². The molecule has 1 aromatic rings. The normalized spacial score (nSPS) is 10.7. The molecular weight excluding hydrogens is 240 g/mol. The lowest BCUT2D eigenvalue weighted by molar-refractivity contribution is 0.272. The van der Waals surface area contributed by atoms with Crippen LogP contribution < -0.4 is 9.47 Å². The Morgan fingerprint density at radius 3 is 2.58 bits per heavy atom. The maximum Gasteiger partial charge on any atom is 0.161 e. The first kappa shape index (κ1) is 15.3. The molecular formula is C15H24N2O2. The fourth-order valence-electron chi connectivity index (χ4n) is 1.50. The molecule has 0 aliphatic rings. The Kier molecular flexibility index (Phi) is 6.79. The van der Waals surface area contributed by atoms with E-state index in [1.807, 2.05) is 39.2 Å². The van der Waals surface area contributed by atoms with Crippen LogP contribution in [0.1, 0.15) is 32.3 Å². The molecule has 0 fully saturated rings. The minimum absolute atomic E-state index is 0.623. The SMILES string of the molecule is CCCCOc1ccc(/C=N/N(C)C)cc1OCC. The van der Waals surface area contributed by atoms with Crippen LogP contribution in [0.25, 0.3) is 0 Å². The summed E-state index contributed by atoms with van der Waals surface area (Å²) in [4.78, 5) is 0. The Morgan fingerprint density at radius 2 is 1.95 bits per heavy atom. The lowest BCUT2D eigenvalue weighted by atomic mass is 10.2. The Labute approximate surface area is 116 Å². The number of hydrogen-bond donors (Lipinski definition) is 0. The van der Waals surface area contributed by atoms with Gasteiger partial charge in [-0.05, 0) is 37.1 Å². The van der Waals surface area contributed by atoms with E-state index in [4.69, 9.17) is 9.47 Å². The highest BCUT2D eigenvalue weighted by Gasteiger charge is 2.05. The molecule has 0 heterocycles. The smallest absolute Gasteiger partial charge is 0.161 e. The third kappa shape index (κ3) is 5.64. The lowest BCUT2D eigenvalue weighted by Gasteiger charge is -2.12. The van der Waals surface area contributed by atoms with Crippen molar-refractivity contribution in [3.8, 4) is 11.5 Å². The quantitative estimate of drug-likeness (QED) is 0.411. The number of ether oxygens (including phenoxy) is 2. The number of nitrogens with zero attached hydrogens (tertiary/aromatic N) is 2. The van der Waals surface area contributed by atoms with Crippen LogP contribution in [0.5, 0.6) is 11.5 Å². The molecule has 0 N–H and O–H groups in total. The van der Waals surface area contributed by atoms with E-state index in [1.165, 1.54) is 0 Å². The summed E-state index contributed by atoms with van der Waals surface area (Å²) in [6.07, 6.45) is 3.98. The zero-order chi connectivity index (χ0) is 14.1. The van der Waals surface area contributed by atoms with Gasteiger partial charge < -0.3 is 14.5 Å². The molecule has 4 heteroatoms. The number of benzene rings is 1. The van der Waals surface area contributed by atoms with Crippen LogP contribution in [0, 0.1) is 0 Å². The van der Waals surface area contributed by atoms with Crippen LogP contribution in [0.15, 0.2) is 23.3 Å². The third-order valence-corrected chi connectivity index (χ3v) is 2.46. The lowest BCUT2D eigenvalue weighted by Crippen LogP contribution is -2.03. The molecule has 0 spiro atoms. The monoisotopic (exact) mass is 264 g/mol. The summed E-state index contributed by atoms with van der Waals surface area (Å²) in [7, 11) is 3.78. The average Bonchev–Trinajstić information content (AvgIpc) is 2.39. The first-order chi connectivity index (χ1) is 9.17. The van der Waals surface area contributed by atoms with E-state index in [-0.39, 0.29) is 0 Å². The molecule has 4 nitrogen and oxygen atoms in total. The van der Waals surface area contributed by atoms with E-state index >= 15 is 0 Å². The zero-order valence-corrected chi connectivity index (χ0v) is 12.3. The van der Waals surface area contributed by atoms with E-state index in [9.17, 15) is 0 Å². The summed E-state index contributed by atoms with van der Waals surface area (Å²) in [5, 5.41) is 5.97. The van der Waals surface area contributed by atoms with Gasteiger partial charge in [-0.2, -0.15) is 5.10 Å². The van der Waals surface area contributed by atoms with Gasteiger partial charge in [0.15, 0.2) is 11.5 Å². The highest BCUT2D eigenvalue weighted by molar-refractivity contribution is 5.80. The van der Waals surface area contributed by atoms with E-state index < -0.39 is 0 Å². The van der Waals surface area contributed by atoms with Gasteiger partial charge in [0.1, 0.15) is 0 Å². The van der Waals surface area contributed by atoms with Crippen LogP contribution >= 0.6 is 0 Å². The molecule has 1 rings (SSSR count). The molecule has 1 aromatic carbocycles. The predicted molar refractivity (Wildman–Crippen MR) is 79.3 cm³/mol. The van der Waals surface area contributed by atoms with Gasteiger partial charge in [-0.25, -0.2) is 0 Å². The van der Waals surface area contributed by atoms with Crippen molar-refractivity contribution in [2.45, 2.75) is 26.7 Å². The second kappa shape index (κ2) is 8.40. The Hall–Kier alpha value is -1.71. The van der Waals surface area contributed by atoms with Crippen molar-refractivity contribution in [2.24, 2.45) is 5.10 Å². The summed E-state index contributed by atoms with van der Waals surface area (Å²) >= 11 is 0. The Balaban J connectivity index is 2.81. The van der Waals surface area contributed by atoms with E-state index in [2.05, 4.69) is 12.0 Å². The molecule has 19 heavy (non-hydrogen) atoms. The van der Waals surface area contributed by atoms with Crippen LogP contribution in [-0.2, 0) is 0 Å². The summed E-state index contributed by atoms with van der Waals surface area (Å²) in [5.41, 5.74) is 1.000. The summed E-state index contributed by atoms with van der Waals surface area (Å²) < 4.78 is 11.3. The topological polar surface area (TPSA) is 34.1 Å². The number of unbranched alkanes of at least 4 members (excludes halogenated alkanes) is 1. The largest absolute Gasteiger partial charge is 0.490 e. The van der Waals surface area contributed by atoms with Gasteiger partial charge in [0.2, 0.25) is 0 Å². The Bertz CT molecular complexity index is 403. The van der Waals surface area contributed by atoms with Crippen molar-refractivity contribution in [2.75, 3.05) is 27.3 Å². The molecule has 0 amide bonds. The van der Waals surface area contributed by atoms with Gasteiger partial charge >= 0.3 is 0 Å². The fraction of sp³-hybridized carbons (Fsp3) is 0.533. The van der Waals surface area contributed by atoms with Crippen LogP contribution in [0.2, 0.25) is 0 Å². The molecule has 0 radical (unpaired) electrons. The van der Waals surface area contributed by atoms with Gasteiger partial charge in [-0.3, -0.25) is 0 Å². The molecule has 0 atom stereocenters. The van der Waals surface area contributed by atoms with Crippen molar-refractivity contribution >= 4 is 6.21 Å². The minimum Gasteiger partial charge on any atom is -0.490 e. The number of hydrazone groups is 1. The fourth-order valence-corrected chi connectivity index (χ4v) is 1.50. The molecule has 0 aliphatic heterocycles. The molecule has 0 saturated heterocycles. The summed E-state index contributed by atoms with van der Waals surface area (Å²) in [6.45, 7) is 5.46. The molecule has 0 bridgehead atoms. The first-order valence-corrected chi connectivity index (χ1v) is 6.78. The van der Waals surface area contributed by atoms with Crippen molar-refractivity contribution in [3.05, 3.63) is 23.8 Å². The first-order valence-electron chi connectivity index (χ1n) is 6.78. The maximum atomic E-state index is 5.73. The van der Waals surface area contributed by atoms with Gasteiger partial charge in [0, 0.05) is 14.1 Å². The van der Waals surface area contributed by atoms with Crippen molar-refractivity contribution in [1.29, 1.82) is 0 Å². The summed E-state index contributed by atoms with van der Waals surface area (Å²) in [6, 6.07) is 5.88. The van der Waals surface area contributed by atoms with E-state index in [1.54, 1.807) is 11.2 Å². The predicted octanol–water partition coefficient (Wildman–Crippen LogP) is 3.16. The van der Waals surface area contributed by atoms with E-state index in [0.29, 0.717) is 6.61 Å². The second-order valence-electron chi connectivity index (χ2n) is 4.43. The Morgan fingerprint density at radius 1 is 1.16 bits per heavy atom.